The maximum atomic E-state index is 11.7. The number of rotatable bonds is 2. The van der Waals surface area contributed by atoms with Crippen LogP contribution in [0.25, 0.3) is 0 Å². The Morgan fingerprint density at radius 3 is 2.65 bits per heavy atom. The van der Waals surface area contributed by atoms with E-state index in [9.17, 15) is 9.90 Å². The molecule has 4 heteroatoms. The summed E-state index contributed by atoms with van der Waals surface area (Å²) in [5, 5.41) is 11.1. The molecule has 2 nitrogen and oxygen atoms in total. The Balaban J connectivity index is 2.20. The summed E-state index contributed by atoms with van der Waals surface area (Å²) in [6.45, 7) is 0. The van der Waals surface area contributed by atoms with Crippen LogP contribution in [0.5, 0.6) is 0 Å². The SMILES string of the molecule is O=C1CCCC[C@H]1[C@@H](O)c1ccc(Cl)c(Cl)c1. The molecule has 2 atom stereocenters. The van der Waals surface area contributed by atoms with Crippen LogP contribution in [0.4, 0.5) is 0 Å². The molecule has 0 spiro atoms. The summed E-state index contributed by atoms with van der Waals surface area (Å²) in [7, 11) is 0. The molecule has 1 aromatic rings. The minimum Gasteiger partial charge on any atom is -0.388 e. The number of hydrogen-bond donors (Lipinski definition) is 1. The summed E-state index contributed by atoms with van der Waals surface area (Å²) < 4.78 is 0. The van der Waals surface area contributed by atoms with Gasteiger partial charge in [0.05, 0.1) is 16.1 Å². The highest BCUT2D eigenvalue weighted by Gasteiger charge is 2.30. The number of hydrogen-bond acceptors (Lipinski definition) is 2. The quantitative estimate of drug-likeness (QED) is 0.890. The third-order valence-corrected chi connectivity index (χ3v) is 4.01. The number of Topliss-reactive ketones (excluding diaryl/α,β-unsaturated/α-hetero) is 1. The zero-order chi connectivity index (χ0) is 12.4. The molecule has 0 heterocycles. The predicted octanol–water partition coefficient (Wildman–Crippen LogP) is 3.79. The van der Waals surface area contributed by atoms with Gasteiger partial charge in [-0.25, -0.2) is 0 Å². The molecule has 1 N–H and O–H groups in total. The van der Waals surface area contributed by atoms with Crippen LogP contribution in [-0.2, 0) is 4.79 Å². The summed E-state index contributed by atoms with van der Waals surface area (Å²) in [6.07, 6.45) is 2.49. The van der Waals surface area contributed by atoms with E-state index in [4.69, 9.17) is 23.2 Å². The highest BCUT2D eigenvalue weighted by molar-refractivity contribution is 6.42. The van der Waals surface area contributed by atoms with Crippen molar-refractivity contribution in [1.29, 1.82) is 0 Å². The van der Waals surface area contributed by atoms with Gasteiger partial charge in [-0.15, -0.1) is 0 Å². The van der Waals surface area contributed by atoms with Crippen LogP contribution in [0.15, 0.2) is 18.2 Å². The van der Waals surface area contributed by atoms with Crippen LogP contribution in [0.3, 0.4) is 0 Å². The zero-order valence-electron chi connectivity index (χ0n) is 9.33. The molecule has 0 amide bonds. The van der Waals surface area contributed by atoms with Gasteiger partial charge >= 0.3 is 0 Å². The Kier molecular flexibility index (Phi) is 4.08. The van der Waals surface area contributed by atoms with Crippen LogP contribution < -0.4 is 0 Å². The van der Waals surface area contributed by atoms with Crippen molar-refractivity contribution in [1.82, 2.24) is 0 Å². The second kappa shape index (κ2) is 5.38. The number of halogens is 2. The second-order valence-corrected chi connectivity index (χ2v) is 5.25. The number of aliphatic hydroxyl groups is 1. The first-order chi connectivity index (χ1) is 8.09. The number of carbonyl (C=O) groups is 1. The van der Waals surface area contributed by atoms with Gasteiger partial charge in [-0.2, -0.15) is 0 Å². The van der Waals surface area contributed by atoms with E-state index in [1.54, 1.807) is 18.2 Å². The van der Waals surface area contributed by atoms with Crippen molar-refractivity contribution in [2.24, 2.45) is 5.92 Å². The van der Waals surface area contributed by atoms with Crippen LogP contribution in [0.1, 0.15) is 37.4 Å². The van der Waals surface area contributed by atoms with E-state index in [1.807, 2.05) is 0 Å². The van der Waals surface area contributed by atoms with Crippen molar-refractivity contribution in [3.63, 3.8) is 0 Å². The summed E-state index contributed by atoms with van der Waals surface area (Å²) in [4.78, 5) is 11.7. The first-order valence-corrected chi connectivity index (χ1v) is 6.51. The summed E-state index contributed by atoms with van der Waals surface area (Å²) in [5.41, 5.74) is 0.666. The summed E-state index contributed by atoms with van der Waals surface area (Å²) in [5.74, 6) is -0.143. The van der Waals surface area contributed by atoms with Crippen LogP contribution in [0, 0.1) is 5.92 Å². The zero-order valence-corrected chi connectivity index (χ0v) is 10.8. The number of carbonyl (C=O) groups excluding carboxylic acids is 1. The molecule has 2 rings (SSSR count). The smallest absolute Gasteiger partial charge is 0.138 e. The highest BCUT2D eigenvalue weighted by atomic mass is 35.5. The maximum Gasteiger partial charge on any atom is 0.138 e. The molecule has 1 aliphatic carbocycles. The van der Waals surface area contributed by atoms with E-state index >= 15 is 0 Å². The molecule has 0 radical (unpaired) electrons. The van der Waals surface area contributed by atoms with Gasteiger partial charge in [0.2, 0.25) is 0 Å². The van der Waals surface area contributed by atoms with Crippen LogP contribution in [0.2, 0.25) is 10.0 Å². The van der Waals surface area contributed by atoms with Crippen molar-refractivity contribution in [3.05, 3.63) is 33.8 Å². The van der Waals surface area contributed by atoms with E-state index in [-0.39, 0.29) is 11.7 Å². The fraction of sp³-hybridized carbons (Fsp3) is 0.462. The van der Waals surface area contributed by atoms with Crippen molar-refractivity contribution >= 4 is 29.0 Å². The first-order valence-electron chi connectivity index (χ1n) is 5.75. The van der Waals surface area contributed by atoms with Gasteiger partial charge < -0.3 is 5.11 Å². The molecule has 0 saturated heterocycles. The topological polar surface area (TPSA) is 37.3 Å². The predicted molar refractivity (Wildman–Crippen MR) is 68.4 cm³/mol. The Hall–Kier alpha value is -0.570. The van der Waals surface area contributed by atoms with Gasteiger partial charge in [0.1, 0.15) is 5.78 Å². The van der Waals surface area contributed by atoms with Gasteiger partial charge in [-0.1, -0.05) is 35.7 Å². The third-order valence-electron chi connectivity index (χ3n) is 3.27. The summed E-state index contributed by atoms with van der Waals surface area (Å²) in [6, 6.07) is 5.01. The van der Waals surface area contributed by atoms with E-state index in [0.717, 1.165) is 19.3 Å². The van der Waals surface area contributed by atoms with Gasteiger partial charge in [-0.05, 0) is 30.5 Å². The van der Waals surface area contributed by atoms with Crippen molar-refractivity contribution in [3.8, 4) is 0 Å². The monoisotopic (exact) mass is 272 g/mol. The highest BCUT2D eigenvalue weighted by Crippen LogP contribution is 2.34. The Morgan fingerprint density at radius 2 is 2.00 bits per heavy atom. The molecule has 1 aromatic carbocycles. The number of benzene rings is 1. The Morgan fingerprint density at radius 1 is 1.24 bits per heavy atom. The molecular weight excluding hydrogens is 259 g/mol. The molecule has 0 unspecified atom stereocenters. The first kappa shape index (κ1) is 12.9. The number of ketones is 1. The minimum atomic E-state index is -0.766. The van der Waals surface area contributed by atoms with Gasteiger partial charge in [0, 0.05) is 12.3 Å². The standard InChI is InChI=1S/C13H14Cl2O2/c14-10-6-5-8(7-11(10)15)13(17)9-3-1-2-4-12(9)16/h5-7,9,13,17H,1-4H2/t9-,13+/m1/s1. The van der Waals surface area contributed by atoms with E-state index in [1.165, 1.54) is 0 Å². The molecule has 0 aromatic heterocycles. The lowest BCUT2D eigenvalue weighted by Crippen LogP contribution is -2.25. The fourth-order valence-electron chi connectivity index (χ4n) is 2.27. The minimum absolute atomic E-state index is 0.148. The largest absolute Gasteiger partial charge is 0.388 e. The molecule has 1 aliphatic rings. The number of aliphatic hydroxyl groups excluding tert-OH is 1. The molecule has 17 heavy (non-hydrogen) atoms. The molecule has 1 fully saturated rings. The Labute approximate surface area is 111 Å². The molecule has 1 saturated carbocycles. The van der Waals surface area contributed by atoms with Crippen molar-refractivity contribution in [2.45, 2.75) is 31.8 Å². The van der Waals surface area contributed by atoms with Crippen LogP contribution >= 0.6 is 23.2 Å². The maximum absolute atomic E-state index is 11.7. The van der Waals surface area contributed by atoms with E-state index < -0.39 is 6.10 Å². The lowest BCUT2D eigenvalue weighted by molar-refractivity contribution is -0.128. The third kappa shape index (κ3) is 2.82. The summed E-state index contributed by atoms with van der Waals surface area (Å²) >= 11 is 11.7. The van der Waals surface area contributed by atoms with Crippen molar-refractivity contribution < 1.29 is 9.90 Å². The molecule has 0 aliphatic heterocycles. The fourth-order valence-corrected chi connectivity index (χ4v) is 2.58. The van der Waals surface area contributed by atoms with Crippen LogP contribution in [-0.4, -0.2) is 10.9 Å². The van der Waals surface area contributed by atoms with E-state index in [0.29, 0.717) is 22.0 Å². The normalized spacial score (nSPS) is 22.5. The average molecular weight is 273 g/mol. The second-order valence-electron chi connectivity index (χ2n) is 4.44. The van der Waals surface area contributed by atoms with Gasteiger partial charge in [-0.3, -0.25) is 4.79 Å². The van der Waals surface area contributed by atoms with Gasteiger partial charge in [0.15, 0.2) is 0 Å². The lowest BCUT2D eigenvalue weighted by atomic mass is 9.82. The average Bonchev–Trinajstić information content (AvgIpc) is 2.32. The lowest BCUT2D eigenvalue weighted by Gasteiger charge is -2.25. The molecule has 0 bridgehead atoms. The Bertz CT molecular complexity index is 431. The van der Waals surface area contributed by atoms with Gasteiger partial charge in [0.25, 0.3) is 0 Å². The molecule has 92 valence electrons. The van der Waals surface area contributed by atoms with Crippen molar-refractivity contribution in [2.75, 3.05) is 0 Å². The van der Waals surface area contributed by atoms with E-state index in [2.05, 4.69) is 0 Å². The molecular formula is C13H14Cl2O2.